The van der Waals surface area contributed by atoms with Gasteiger partial charge >= 0.3 is 0 Å². The molecular weight excluding hydrogens is 142 g/mol. The van der Waals surface area contributed by atoms with Crippen LogP contribution in [0.4, 0.5) is 0 Å². The average Bonchev–Trinajstić information content (AvgIpc) is 2.38. The summed E-state index contributed by atoms with van der Waals surface area (Å²) in [5.74, 6) is 0. The van der Waals surface area contributed by atoms with Gasteiger partial charge in [0.05, 0.1) is 26.2 Å². The zero-order chi connectivity index (χ0) is 8.16. The molecule has 1 rings (SSSR count). The van der Waals surface area contributed by atoms with E-state index in [0.29, 0.717) is 0 Å². The van der Waals surface area contributed by atoms with Crippen LogP contribution in [0.2, 0.25) is 0 Å². The monoisotopic (exact) mass is 159 g/mol. The molecule has 0 saturated carbocycles. The van der Waals surface area contributed by atoms with Gasteiger partial charge in [-0.25, -0.2) is 0 Å². The molecule has 0 bridgehead atoms. The van der Waals surface area contributed by atoms with Crippen LogP contribution >= 0.6 is 0 Å². The van der Waals surface area contributed by atoms with E-state index in [1.54, 1.807) is 7.11 Å². The van der Waals surface area contributed by atoms with Crippen molar-refractivity contribution in [3.63, 3.8) is 0 Å². The van der Waals surface area contributed by atoms with Gasteiger partial charge in [-0.3, -0.25) is 0 Å². The third-order valence-electron chi connectivity index (χ3n) is 2.30. The highest BCUT2D eigenvalue weighted by molar-refractivity contribution is 4.54. The minimum Gasteiger partial charge on any atom is -0.633 e. The van der Waals surface area contributed by atoms with Crippen LogP contribution in [0.1, 0.15) is 19.3 Å². The Hall–Kier alpha value is -0.120. The number of hydrogen-bond acceptors (Lipinski definition) is 2. The maximum atomic E-state index is 11.7. The van der Waals surface area contributed by atoms with Crippen molar-refractivity contribution in [2.45, 2.75) is 19.3 Å². The Morgan fingerprint density at radius 1 is 1.36 bits per heavy atom. The van der Waals surface area contributed by atoms with Crippen LogP contribution in [-0.4, -0.2) is 38.0 Å². The Bertz CT molecular complexity index is 111. The molecule has 0 atom stereocenters. The molecule has 1 aliphatic heterocycles. The van der Waals surface area contributed by atoms with E-state index >= 15 is 0 Å². The molecule has 0 radical (unpaired) electrons. The lowest BCUT2D eigenvalue weighted by molar-refractivity contribution is -0.868. The van der Waals surface area contributed by atoms with E-state index < -0.39 is 0 Å². The van der Waals surface area contributed by atoms with Crippen molar-refractivity contribution < 1.29 is 9.38 Å². The minimum atomic E-state index is 0.0311. The number of likely N-dealkylation sites (tertiary alicyclic amines) is 1. The fourth-order valence-electron chi connectivity index (χ4n) is 1.63. The highest BCUT2D eigenvalue weighted by atomic mass is 16.5. The smallest absolute Gasteiger partial charge is 0.0806 e. The van der Waals surface area contributed by atoms with Crippen LogP contribution in [0.25, 0.3) is 0 Å². The van der Waals surface area contributed by atoms with E-state index in [1.165, 1.54) is 0 Å². The fourth-order valence-corrected chi connectivity index (χ4v) is 1.63. The third kappa shape index (κ3) is 2.77. The average molecular weight is 159 g/mol. The molecule has 1 saturated heterocycles. The van der Waals surface area contributed by atoms with Crippen molar-refractivity contribution in [3.05, 3.63) is 5.21 Å². The maximum Gasteiger partial charge on any atom is 0.0806 e. The van der Waals surface area contributed by atoms with Crippen LogP contribution in [0.15, 0.2) is 0 Å². The van der Waals surface area contributed by atoms with E-state index in [1.807, 2.05) is 0 Å². The molecule has 11 heavy (non-hydrogen) atoms. The molecule has 66 valence electrons. The lowest BCUT2D eigenvalue weighted by Crippen LogP contribution is -2.39. The zero-order valence-electron chi connectivity index (χ0n) is 7.21. The summed E-state index contributed by atoms with van der Waals surface area (Å²) >= 11 is 0. The standard InChI is InChI=1S/C8H17NO2/c1-11-8-4-7-9(10)5-2-3-6-9/h2-8H2,1H3. The van der Waals surface area contributed by atoms with Crippen LogP contribution in [0, 0.1) is 5.21 Å². The largest absolute Gasteiger partial charge is 0.633 e. The van der Waals surface area contributed by atoms with E-state index in [0.717, 1.165) is 45.5 Å². The summed E-state index contributed by atoms with van der Waals surface area (Å²) in [5, 5.41) is 11.7. The normalized spacial score (nSPS) is 22.4. The van der Waals surface area contributed by atoms with E-state index in [2.05, 4.69) is 0 Å². The van der Waals surface area contributed by atoms with E-state index in [4.69, 9.17) is 4.74 Å². The van der Waals surface area contributed by atoms with Gasteiger partial charge in [-0.2, -0.15) is 0 Å². The van der Waals surface area contributed by atoms with Crippen molar-refractivity contribution >= 4 is 0 Å². The summed E-state index contributed by atoms with van der Waals surface area (Å²) in [6.07, 6.45) is 3.12. The van der Waals surface area contributed by atoms with Crippen LogP contribution in [-0.2, 0) is 4.74 Å². The summed E-state index contributed by atoms with van der Waals surface area (Å²) in [4.78, 5) is 0. The van der Waals surface area contributed by atoms with E-state index in [9.17, 15) is 5.21 Å². The molecule has 0 aromatic heterocycles. The Kier molecular flexibility index (Phi) is 3.30. The van der Waals surface area contributed by atoms with Gasteiger partial charge < -0.3 is 14.6 Å². The Balaban J connectivity index is 2.13. The minimum absolute atomic E-state index is 0.0311. The summed E-state index contributed by atoms with van der Waals surface area (Å²) in [7, 11) is 1.68. The molecule has 0 unspecified atom stereocenters. The highest BCUT2D eigenvalue weighted by Gasteiger charge is 2.21. The molecule has 0 aromatic carbocycles. The second kappa shape index (κ2) is 4.04. The van der Waals surface area contributed by atoms with Crippen molar-refractivity contribution in [3.8, 4) is 0 Å². The fraction of sp³-hybridized carbons (Fsp3) is 1.00. The number of ether oxygens (including phenoxy) is 1. The number of nitrogens with zero attached hydrogens (tertiary/aromatic N) is 1. The number of quaternary nitrogens is 1. The van der Waals surface area contributed by atoms with Gasteiger partial charge in [0, 0.05) is 26.4 Å². The van der Waals surface area contributed by atoms with Crippen molar-refractivity contribution in [1.82, 2.24) is 0 Å². The summed E-state index contributed by atoms with van der Waals surface area (Å²) in [6.45, 7) is 3.11. The molecule has 0 N–H and O–H groups in total. The van der Waals surface area contributed by atoms with E-state index in [-0.39, 0.29) is 4.65 Å². The van der Waals surface area contributed by atoms with Crippen LogP contribution in [0.5, 0.6) is 0 Å². The molecular formula is C8H17NO2. The first-order valence-electron chi connectivity index (χ1n) is 4.33. The topological polar surface area (TPSA) is 32.3 Å². The number of hydroxylamine groups is 3. The Labute approximate surface area is 68.1 Å². The second-order valence-electron chi connectivity index (χ2n) is 3.28. The molecule has 1 heterocycles. The molecule has 0 spiro atoms. The molecule has 0 amide bonds. The van der Waals surface area contributed by atoms with Gasteiger partial charge in [0.25, 0.3) is 0 Å². The first-order valence-corrected chi connectivity index (χ1v) is 4.33. The molecule has 0 aromatic rings. The molecule has 3 heteroatoms. The van der Waals surface area contributed by atoms with Crippen molar-refractivity contribution in [2.75, 3.05) is 33.4 Å². The summed E-state index contributed by atoms with van der Waals surface area (Å²) in [5.41, 5.74) is 0. The zero-order valence-corrected chi connectivity index (χ0v) is 7.21. The third-order valence-corrected chi connectivity index (χ3v) is 2.30. The summed E-state index contributed by atoms with van der Waals surface area (Å²) in [6, 6.07) is 0. The predicted octanol–water partition coefficient (Wildman–Crippen LogP) is 1.13. The lowest BCUT2D eigenvalue weighted by atomic mass is 10.4. The first kappa shape index (κ1) is 8.97. The SMILES string of the molecule is COCCC[N+]1([O-])CCCC1. The molecule has 3 nitrogen and oxygen atoms in total. The highest BCUT2D eigenvalue weighted by Crippen LogP contribution is 2.17. The van der Waals surface area contributed by atoms with Crippen molar-refractivity contribution in [1.29, 1.82) is 0 Å². The maximum absolute atomic E-state index is 11.7. The van der Waals surface area contributed by atoms with Crippen molar-refractivity contribution in [2.24, 2.45) is 0 Å². The number of rotatable bonds is 4. The van der Waals surface area contributed by atoms with Gasteiger partial charge in [0.2, 0.25) is 0 Å². The molecule has 1 aliphatic rings. The number of methoxy groups -OCH3 is 1. The summed E-state index contributed by atoms with van der Waals surface area (Å²) < 4.78 is 4.93. The predicted molar refractivity (Wildman–Crippen MR) is 44.0 cm³/mol. The van der Waals surface area contributed by atoms with Gasteiger partial charge in [-0.15, -0.1) is 0 Å². The van der Waals surface area contributed by atoms with Crippen LogP contribution < -0.4 is 0 Å². The molecule has 1 fully saturated rings. The second-order valence-corrected chi connectivity index (χ2v) is 3.28. The molecule has 0 aliphatic carbocycles. The Morgan fingerprint density at radius 3 is 2.55 bits per heavy atom. The quantitative estimate of drug-likeness (QED) is 0.350. The van der Waals surface area contributed by atoms with Gasteiger partial charge in [-0.1, -0.05) is 0 Å². The first-order chi connectivity index (χ1) is 5.27. The number of hydrogen-bond donors (Lipinski definition) is 0. The van der Waals surface area contributed by atoms with Crippen LogP contribution in [0.3, 0.4) is 0 Å². The Morgan fingerprint density at radius 2 is 2.00 bits per heavy atom. The lowest BCUT2D eigenvalue weighted by Gasteiger charge is -2.38. The van der Waals surface area contributed by atoms with Gasteiger partial charge in [0.1, 0.15) is 0 Å². The van der Waals surface area contributed by atoms with Gasteiger partial charge in [-0.05, 0) is 0 Å². The van der Waals surface area contributed by atoms with Gasteiger partial charge in [0.15, 0.2) is 0 Å².